The number of phenols is 2. The van der Waals surface area contributed by atoms with E-state index in [1.54, 1.807) is 0 Å². The number of ether oxygens (including phenoxy) is 3. The highest BCUT2D eigenvalue weighted by molar-refractivity contribution is 6.31. The lowest BCUT2D eigenvalue weighted by Gasteiger charge is -2.43. The maximum absolute atomic E-state index is 13.9. The van der Waals surface area contributed by atoms with Crippen LogP contribution in [0.25, 0.3) is 0 Å². The summed E-state index contributed by atoms with van der Waals surface area (Å²) in [5, 5.41) is 77.3. The minimum absolute atomic E-state index is 0.0442. The highest BCUT2D eigenvalue weighted by Crippen LogP contribution is 2.52. The van der Waals surface area contributed by atoms with Crippen LogP contribution in [0.4, 0.5) is 0 Å². The summed E-state index contributed by atoms with van der Waals surface area (Å²) in [5.41, 5.74) is -4.20. The standard InChI is InChI=1S/C37H40N2O16/c1-16-32(46)19(38-23(42)8-3-4-9-26(45)55-39-24(43)10-11-25(39)44)12-27(53-16)54-21-14-37(51,22(41)15-40)13-18-29(21)36(50)31-30(34(18)48)33(47)17-6-5-7-20(52-2)28(17)35(31)49/h5-7,10-11,16,19,21,27,32,40,43-44,46,48,50-51H,3-4,8-9,12-15H2,1-2H3,(H,38,42)/t16?,19?,21-,27?,32?,37-/m0/s1. The van der Waals surface area contributed by atoms with Crippen molar-refractivity contribution in [3.63, 3.8) is 0 Å². The molecule has 6 rings (SSSR count). The third kappa shape index (κ3) is 7.21. The van der Waals surface area contributed by atoms with Gasteiger partial charge in [-0.25, -0.2) is 4.79 Å². The van der Waals surface area contributed by atoms with Crippen LogP contribution in [0.15, 0.2) is 30.3 Å². The number of aliphatic hydroxyl groups excluding tert-OH is 2. The molecule has 18 heteroatoms. The summed E-state index contributed by atoms with van der Waals surface area (Å²) >= 11 is 0. The van der Waals surface area contributed by atoms with Gasteiger partial charge >= 0.3 is 5.97 Å². The fraction of sp³-hybridized carbons (Fsp3) is 0.432. The molecule has 3 aliphatic rings. The molecule has 0 spiro atoms. The number of phenolic OH excluding ortho intramolecular Hbond substituents is 2. The van der Waals surface area contributed by atoms with Crippen LogP contribution in [0.1, 0.15) is 94.5 Å². The molecule has 2 aromatic carbocycles. The van der Waals surface area contributed by atoms with Gasteiger partial charge in [0.2, 0.25) is 23.5 Å². The minimum Gasteiger partial charge on any atom is -0.507 e. The number of hydrogen-bond acceptors (Lipinski definition) is 16. The van der Waals surface area contributed by atoms with Gasteiger partial charge in [0.05, 0.1) is 42.0 Å². The van der Waals surface area contributed by atoms with E-state index in [9.17, 15) is 59.7 Å². The van der Waals surface area contributed by atoms with E-state index in [-0.39, 0.29) is 60.1 Å². The number of nitrogens with zero attached hydrogens (tertiary/aromatic N) is 1. The van der Waals surface area contributed by atoms with Crippen LogP contribution in [0, 0.1) is 0 Å². The van der Waals surface area contributed by atoms with E-state index in [1.165, 1.54) is 32.2 Å². The van der Waals surface area contributed by atoms with Crippen molar-refractivity contribution >= 4 is 29.2 Å². The molecule has 1 saturated heterocycles. The van der Waals surface area contributed by atoms with Crippen molar-refractivity contribution < 1.29 is 78.8 Å². The summed E-state index contributed by atoms with van der Waals surface area (Å²) < 4.78 is 17.9. The summed E-state index contributed by atoms with van der Waals surface area (Å²) in [4.78, 5) is 70.4. The number of amides is 1. The quantitative estimate of drug-likeness (QED) is 0.0723. The molecular formula is C37H40N2O16. The highest BCUT2D eigenvalue weighted by Gasteiger charge is 2.50. The summed E-state index contributed by atoms with van der Waals surface area (Å²) in [5.74, 6) is -6.42. The first kappa shape index (κ1) is 39.2. The number of hydrogen-bond donors (Lipinski definition) is 8. The van der Waals surface area contributed by atoms with E-state index in [1.807, 2.05) is 0 Å². The number of aromatic nitrogens is 1. The SMILES string of the molecule is COc1cccc2c1C(=O)c1c(O)c3c(c(O)c1C2=O)C[C@@](O)(C(=O)CO)C[C@@H]3OC1CC(NC(=O)CCCCC(=O)On2c(O)ccc2O)C(O)C(C)O1. The monoisotopic (exact) mass is 768 g/mol. The topological polar surface area (TPSA) is 281 Å². The molecule has 1 amide bonds. The van der Waals surface area contributed by atoms with Crippen LogP contribution in [-0.4, -0.2) is 114 Å². The molecule has 6 atom stereocenters. The van der Waals surface area contributed by atoms with Gasteiger partial charge in [-0.3, -0.25) is 19.2 Å². The summed E-state index contributed by atoms with van der Waals surface area (Å²) in [7, 11) is 1.29. The number of Topliss-reactive ketones (excluding diaryl/α,β-unsaturated/α-hetero) is 1. The van der Waals surface area contributed by atoms with Crippen molar-refractivity contribution in [3.05, 3.63) is 63.7 Å². The van der Waals surface area contributed by atoms with Crippen LogP contribution in [0.2, 0.25) is 0 Å². The van der Waals surface area contributed by atoms with Gasteiger partial charge < -0.3 is 60.1 Å². The van der Waals surface area contributed by atoms with Gasteiger partial charge in [-0.15, -0.1) is 4.73 Å². The number of aliphatic hydroxyl groups is 3. The fourth-order valence-electron chi connectivity index (χ4n) is 7.34. The predicted molar refractivity (Wildman–Crippen MR) is 184 cm³/mol. The van der Waals surface area contributed by atoms with Crippen LogP contribution in [0.5, 0.6) is 29.0 Å². The van der Waals surface area contributed by atoms with E-state index >= 15 is 0 Å². The normalized spacial score (nSPS) is 24.3. The number of ketones is 3. The van der Waals surface area contributed by atoms with E-state index in [4.69, 9.17) is 19.0 Å². The van der Waals surface area contributed by atoms with Crippen molar-refractivity contribution in [3.8, 4) is 29.0 Å². The van der Waals surface area contributed by atoms with Gasteiger partial charge in [-0.1, -0.05) is 12.1 Å². The molecule has 1 aromatic heterocycles. The number of methoxy groups -OCH3 is 1. The fourth-order valence-corrected chi connectivity index (χ4v) is 7.34. The summed E-state index contributed by atoms with van der Waals surface area (Å²) in [6.45, 7) is 0.403. The third-order valence-electron chi connectivity index (χ3n) is 10.1. The molecule has 2 aliphatic carbocycles. The molecule has 1 aliphatic heterocycles. The van der Waals surface area contributed by atoms with Gasteiger partial charge in [0, 0.05) is 60.9 Å². The maximum Gasteiger partial charge on any atom is 0.333 e. The number of aromatic hydroxyl groups is 4. The smallest absolute Gasteiger partial charge is 0.333 e. The zero-order valence-electron chi connectivity index (χ0n) is 29.7. The second-order valence-corrected chi connectivity index (χ2v) is 13.7. The number of carbonyl (C=O) groups excluding carboxylic acids is 5. The molecule has 0 radical (unpaired) electrons. The Morgan fingerprint density at radius 3 is 2.31 bits per heavy atom. The molecule has 8 N–H and O–H groups in total. The van der Waals surface area contributed by atoms with Gasteiger partial charge in [-0.05, 0) is 25.8 Å². The Balaban J connectivity index is 1.21. The molecule has 2 heterocycles. The van der Waals surface area contributed by atoms with Crippen molar-refractivity contribution in [2.75, 3.05) is 13.7 Å². The number of nitrogens with one attached hydrogen (secondary N) is 1. The lowest BCUT2D eigenvalue weighted by molar-refractivity contribution is -0.249. The molecule has 1 fully saturated rings. The van der Waals surface area contributed by atoms with Crippen molar-refractivity contribution in [2.45, 2.75) is 88.1 Å². The Kier molecular flexibility index (Phi) is 10.9. The van der Waals surface area contributed by atoms with Crippen LogP contribution in [0.3, 0.4) is 0 Å². The van der Waals surface area contributed by atoms with Crippen LogP contribution < -0.4 is 14.9 Å². The second-order valence-electron chi connectivity index (χ2n) is 13.7. The van der Waals surface area contributed by atoms with Gasteiger partial charge in [0.15, 0.2) is 17.9 Å². The largest absolute Gasteiger partial charge is 0.507 e. The van der Waals surface area contributed by atoms with E-state index in [0.717, 1.165) is 12.1 Å². The number of rotatable bonds is 12. The zero-order valence-corrected chi connectivity index (χ0v) is 29.7. The first-order chi connectivity index (χ1) is 26.1. The van der Waals surface area contributed by atoms with Crippen molar-refractivity contribution in [1.82, 2.24) is 10.0 Å². The maximum atomic E-state index is 13.9. The number of carbonyl (C=O) groups is 5. The molecule has 55 heavy (non-hydrogen) atoms. The number of fused-ring (bicyclic) bond motifs is 3. The Bertz CT molecular complexity index is 2040. The molecule has 0 saturated carbocycles. The van der Waals surface area contributed by atoms with E-state index in [2.05, 4.69) is 5.32 Å². The first-order valence-electron chi connectivity index (χ1n) is 17.4. The third-order valence-corrected chi connectivity index (χ3v) is 10.1. The van der Waals surface area contributed by atoms with Crippen molar-refractivity contribution in [2.24, 2.45) is 0 Å². The second kappa shape index (κ2) is 15.3. The van der Waals surface area contributed by atoms with E-state index < -0.39 is 119 Å². The molecule has 4 unspecified atom stereocenters. The first-order valence-corrected chi connectivity index (χ1v) is 17.4. The number of unbranched alkanes of at least 4 members (excludes halogenated alkanes) is 1. The molecule has 0 bridgehead atoms. The van der Waals surface area contributed by atoms with Crippen LogP contribution >= 0.6 is 0 Å². The van der Waals surface area contributed by atoms with Crippen LogP contribution in [-0.2, 0) is 30.3 Å². The Morgan fingerprint density at radius 1 is 0.964 bits per heavy atom. The van der Waals surface area contributed by atoms with Gasteiger partial charge in [0.1, 0.15) is 35.6 Å². The molecule has 18 nitrogen and oxygen atoms in total. The van der Waals surface area contributed by atoms with Crippen molar-refractivity contribution in [1.29, 1.82) is 0 Å². The molecule has 3 aromatic rings. The average molecular weight is 769 g/mol. The van der Waals surface area contributed by atoms with E-state index in [0.29, 0.717) is 4.73 Å². The predicted octanol–water partition coefficient (Wildman–Crippen LogP) is 0.587. The molecule has 294 valence electrons. The number of benzene rings is 2. The summed E-state index contributed by atoms with van der Waals surface area (Å²) in [6, 6.07) is 5.57. The zero-order chi connectivity index (χ0) is 39.9. The average Bonchev–Trinajstić information content (AvgIpc) is 3.46. The van der Waals surface area contributed by atoms with Gasteiger partial charge in [0.25, 0.3) is 0 Å². The Morgan fingerprint density at radius 2 is 1.64 bits per heavy atom. The Labute approximate surface area is 312 Å². The molecular weight excluding hydrogens is 728 g/mol. The lowest BCUT2D eigenvalue weighted by atomic mass is 9.72. The highest BCUT2D eigenvalue weighted by atomic mass is 16.7. The summed E-state index contributed by atoms with van der Waals surface area (Å²) in [6.07, 6.45) is -6.17. The Hall–Kier alpha value is -5.53. The minimum atomic E-state index is -2.37. The van der Waals surface area contributed by atoms with Gasteiger partial charge in [-0.2, -0.15) is 0 Å². The lowest BCUT2D eigenvalue weighted by Crippen LogP contribution is -2.55.